The van der Waals surface area contributed by atoms with Crippen LogP contribution in [0.4, 0.5) is 5.69 Å². The molecule has 306 valence electrons. The van der Waals surface area contributed by atoms with E-state index in [1.165, 1.54) is 29.5 Å². The number of carbonyl (C=O) groups is 4. The standard InChI is InChI=1S/C24H24N4O2.C13H15NO.C11H10N2O2/c1-28-21-10-6-5-9-18(21)24(11-12-24)15-20(23(28)30)25-22(29)19-14-17(26-27-19)13-16-7-3-2-4-8-16;14-11-8-13(5-6-13)10-4-2-1-3-9(10)7-12(11)15;14-11(15)10-7-9(12-13-10)6-8-4-2-1-3-5-8/h2-10,14,20H,11-13,15H2,1H3,(H,25,29)(H,26,27);1-4,11H,5-8,14H2;1-5,7H,6H2,(H,12,13)(H,14,15)/t20-;11-;/m00./s1. The lowest BCUT2D eigenvalue weighted by atomic mass is 9.89. The number of carboxylic acid groups (broad SMARTS) is 1. The van der Waals surface area contributed by atoms with Crippen LogP contribution in [0, 0.1) is 0 Å². The molecule has 6 N–H and O–H groups in total. The molecule has 4 aliphatic rings. The summed E-state index contributed by atoms with van der Waals surface area (Å²) in [6.45, 7) is 0. The zero-order chi connectivity index (χ0) is 41.9. The van der Waals surface area contributed by atoms with Crippen molar-refractivity contribution in [2.75, 3.05) is 11.9 Å². The van der Waals surface area contributed by atoms with Gasteiger partial charge in [-0.1, -0.05) is 103 Å². The fourth-order valence-corrected chi connectivity index (χ4v) is 8.67. The molecule has 2 fully saturated rings. The molecule has 2 atom stereocenters. The lowest BCUT2D eigenvalue weighted by Gasteiger charge is -2.21. The van der Waals surface area contributed by atoms with Gasteiger partial charge in [0.2, 0.25) is 5.91 Å². The number of nitrogens with two attached hydrogens (primary N) is 1. The van der Waals surface area contributed by atoms with Gasteiger partial charge in [0.1, 0.15) is 11.7 Å². The average Bonchev–Trinajstić information content (AvgIpc) is 4.13. The lowest BCUT2D eigenvalue weighted by Crippen LogP contribution is -2.47. The maximum Gasteiger partial charge on any atom is 0.356 e. The number of Topliss-reactive ketones (excluding diaryl/α,β-unsaturated/α-hetero) is 1. The molecule has 0 saturated heterocycles. The number of amides is 2. The maximum absolute atomic E-state index is 13.1. The van der Waals surface area contributed by atoms with Crippen molar-refractivity contribution in [2.24, 2.45) is 5.73 Å². The molecule has 10 rings (SSSR count). The van der Waals surface area contributed by atoms with E-state index < -0.39 is 12.0 Å². The molecule has 3 heterocycles. The predicted molar refractivity (Wildman–Crippen MR) is 228 cm³/mol. The molecule has 4 aromatic carbocycles. The Hall–Kier alpha value is -6.66. The Morgan fingerprint density at radius 3 is 1.83 bits per heavy atom. The number of carboxylic acids is 1. The van der Waals surface area contributed by atoms with Crippen LogP contribution >= 0.6 is 0 Å². The molecule has 6 aromatic rings. The first-order chi connectivity index (χ1) is 29.0. The summed E-state index contributed by atoms with van der Waals surface area (Å²) >= 11 is 0. The van der Waals surface area contributed by atoms with Crippen molar-refractivity contribution in [2.45, 2.75) is 80.7 Å². The molecule has 0 unspecified atom stereocenters. The second-order valence-electron chi connectivity index (χ2n) is 16.5. The number of nitrogens with zero attached hydrogens (tertiary/aromatic N) is 3. The Morgan fingerprint density at radius 2 is 1.25 bits per heavy atom. The molecule has 2 amide bonds. The summed E-state index contributed by atoms with van der Waals surface area (Å²) in [6, 6.07) is 38.7. The van der Waals surface area contributed by atoms with E-state index in [-0.39, 0.29) is 40.2 Å². The highest BCUT2D eigenvalue weighted by Crippen LogP contribution is 2.56. The molecule has 12 nitrogen and oxygen atoms in total. The smallest absolute Gasteiger partial charge is 0.356 e. The Labute approximate surface area is 348 Å². The topological polar surface area (TPSA) is 187 Å². The van der Waals surface area contributed by atoms with Crippen molar-refractivity contribution in [3.05, 3.63) is 172 Å². The number of aromatic amines is 2. The van der Waals surface area contributed by atoms with Gasteiger partial charge >= 0.3 is 5.97 Å². The number of aromatic nitrogens is 4. The second-order valence-corrected chi connectivity index (χ2v) is 16.5. The molecule has 2 aromatic heterocycles. The van der Waals surface area contributed by atoms with Crippen molar-refractivity contribution in [3.8, 4) is 0 Å². The highest BCUT2D eigenvalue weighted by molar-refractivity contribution is 6.03. The number of likely N-dealkylation sites (N-methyl/N-ethyl adjacent to an activating group) is 1. The van der Waals surface area contributed by atoms with Crippen molar-refractivity contribution in [1.82, 2.24) is 25.7 Å². The van der Waals surface area contributed by atoms with Crippen molar-refractivity contribution >= 4 is 29.3 Å². The van der Waals surface area contributed by atoms with Crippen molar-refractivity contribution in [3.63, 3.8) is 0 Å². The van der Waals surface area contributed by atoms with Crippen LogP contribution in [0.1, 0.15) is 98.7 Å². The number of carbonyl (C=O) groups excluding carboxylic acids is 3. The fraction of sp³-hybridized carbons (Fsp3) is 0.292. The molecule has 0 radical (unpaired) electrons. The van der Waals surface area contributed by atoms with Gasteiger partial charge in [0.25, 0.3) is 5.91 Å². The van der Waals surface area contributed by atoms with E-state index in [0.29, 0.717) is 31.4 Å². The zero-order valence-electron chi connectivity index (χ0n) is 33.6. The van der Waals surface area contributed by atoms with Gasteiger partial charge in [-0.05, 0) is 95.4 Å². The normalized spacial score (nSPS) is 19.0. The number of ketones is 1. The second kappa shape index (κ2) is 16.9. The third-order valence-electron chi connectivity index (χ3n) is 12.2. The summed E-state index contributed by atoms with van der Waals surface area (Å²) in [4.78, 5) is 50.0. The number of hydrogen-bond acceptors (Lipinski definition) is 7. The molecule has 2 spiro atoms. The molecule has 0 bridgehead atoms. The van der Waals surface area contributed by atoms with E-state index in [0.717, 1.165) is 47.5 Å². The minimum absolute atomic E-state index is 0.0149. The minimum Gasteiger partial charge on any atom is -0.476 e. The molecule has 2 saturated carbocycles. The molecule has 60 heavy (non-hydrogen) atoms. The van der Waals surface area contributed by atoms with Crippen LogP contribution in [0.3, 0.4) is 0 Å². The number of para-hydroxylation sites is 1. The van der Waals surface area contributed by atoms with Gasteiger partial charge in [-0.2, -0.15) is 10.2 Å². The first-order valence-corrected chi connectivity index (χ1v) is 20.5. The largest absolute Gasteiger partial charge is 0.476 e. The Bertz CT molecular complexity index is 2500. The van der Waals surface area contributed by atoms with E-state index in [2.05, 4.69) is 50.0 Å². The van der Waals surface area contributed by atoms with E-state index >= 15 is 0 Å². The third-order valence-corrected chi connectivity index (χ3v) is 12.2. The number of fused-ring (bicyclic) bond motifs is 4. The first-order valence-electron chi connectivity index (χ1n) is 20.5. The summed E-state index contributed by atoms with van der Waals surface area (Å²) in [5, 5.41) is 25.1. The van der Waals surface area contributed by atoms with Crippen molar-refractivity contribution in [1.29, 1.82) is 0 Å². The highest BCUT2D eigenvalue weighted by atomic mass is 16.4. The number of aromatic carboxylic acids is 1. The summed E-state index contributed by atoms with van der Waals surface area (Å²) in [6.07, 6.45) is 7.83. The Morgan fingerprint density at radius 1 is 0.733 bits per heavy atom. The van der Waals surface area contributed by atoms with E-state index in [4.69, 9.17) is 10.8 Å². The third kappa shape index (κ3) is 8.84. The number of rotatable bonds is 7. The summed E-state index contributed by atoms with van der Waals surface area (Å²) in [7, 11) is 1.79. The monoisotopic (exact) mass is 803 g/mol. The van der Waals surface area contributed by atoms with Crippen LogP contribution in [0.15, 0.2) is 121 Å². The lowest BCUT2D eigenvalue weighted by molar-refractivity contribution is -0.120. The van der Waals surface area contributed by atoms with Gasteiger partial charge in [-0.15, -0.1) is 0 Å². The number of anilines is 1. The number of nitrogens with one attached hydrogen (secondary N) is 3. The highest BCUT2D eigenvalue weighted by Gasteiger charge is 2.51. The summed E-state index contributed by atoms with van der Waals surface area (Å²) in [5.74, 6) is -1.21. The van der Waals surface area contributed by atoms with Gasteiger partial charge in [-0.25, -0.2) is 4.79 Å². The average molecular weight is 804 g/mol. The first kappa shape index (κ1) is 40.1. The van der Waals surface area contributed by atoms with Crippen LogP contribution in [0.5, 0.6) is 0 Å². The predicted octanol–water partition coefficient (Wildman–Crippen LogP) is 6.46. The Kier molecular flexibility index (Phi) is 11.3. The van der Waals surface area contributed by atoms with Gasteiger partial charge in [0.15, 0.2) is 11.5 Å². The van der Waals surface area contributed by atoms with Gasteiger partial charge in [0, 0.05) is 43.4 Å². The Balaban J connectivity index is 0.000000139. The van der Waals surface area contributed by atoms with Crippen molar-refractivity contribution < 1.29 is 24.3 Å². The van der Waals surface area contributed by atoms with Gasteiger partial charge < -0.3 is 21.1 Å². The van der Waals surface area contributed by atoms with Crippen LogP contribution in [-0.4, -0.2) is 68.2 Å². The molecule has 12 heteroatoms. The minimum atomic E-state index is -1.01. The summed E-state index contributed by atoms with van der Waals surface area (Å²) < 4.78 is 0. The maximum atomic E-state index is 13.1. The number of H-pyrrole nitrogens is 2. The van der Waals surface area contributed by atoms with Crippen LogP contribution in [0.2, 0.25) is 0 Å². The summed E-state index contributed by atoms with van der Waals surface area (Å²) in [5.41, 5.74) is 15.2. The van der Waals surface area contributed by atoms with Gasteiger partial charge in [0.05, 0.1) is 6.04 Å². The number of hydrogen-bond donors (Lipinski definition) is 5. The zero-order valence-corrected chi connectivity index (χ0v) is 33.6. The van der Waals surface area contributed by atoms with Crippen LogP contribution < -0.4 is 16.0 Å². The quantitative estimate of drug-likeness (QED) is 0.122. The van der Waals surface area contributed by atoms with E-state index in [1.807, 2.05) is 84.9 Å². The molecule has 1 aliphatic heterocycles. The SMILES string of the molecule is CN1C(=O)[C@@H](NC(=O)c2cc(Cc3ccccc3)[nH]n2)CC2(CC2)c2ccccc21.N[C@H]1CC2(CC2)c2ccccc2CC1=O.O=C(O)c1cc(Cc2ccccc2)[nH]n1. The van der Waals surface area contributed by atoms with E-state index in [1.54, 1.807) is 24.1 Å². The number of benzene rings is 4. The van der Waals surface area contributed by atoms with Gasteiger partial charge in [-0.3, -0.25) is 24.6 Å². The van der Waals surface area contributed by atoms with E-state index in [9.17, 15) is 19.2 Å². The van der Waals surface area contributed by atoms with Crippen LogP contribution in [-0.2, 0) is 39.7 Å². The molecular formula is C48H49N7O5. The fourth-order valence-electron chi connectivity index (χ4n) is 8.67. The van der Waals surface area contributed by atoms with Crippen LogP contribution in [0.25, 0.3) is 0 Å². The molecular weight excluding hydrogens is 755 g/mol. The molecule has 3 aliphatic carbocycles.